The van der Waals surface area contributed by atoms with E-state index in [2.05, 4.69) is 6.07 Å². The van der Waals surface area contributed by atoms with Gasteiger partial charge in [0.25, 0.3) is 0 Å². The van der Waals surface area contributed by atoms with E-state index in [1.54, 1.807) is 0 Å². The second-order valence-electron chi connectivity index (χ2n) is 5.68. The van der Waals surface area contributed by atoms with E-state index in [-0.39, 0.29) is 0 Å². The number of halogens is 2. The van der Waals surface area contributed by atoms with Crippen LogP contribution in [0.3, 0.4) is 0 Å². The van der Waals surface area contributed by atoms with E-state index < -0.39 is 6.10 Å². The van der Waals surface area contributed by atoms with Crippen molar-refractivity contribution in [2.75, 3.05) is 0 Å². The highest BCUT2D eigenvalue weighted by Crippen LogP contribution is 2.40. The zero-order valence-electron chi connectivity index (χ0n) is 11.7. The van der Waals surface area contributed by atoms with Crippen LogP contribution in [0.4, 0.5) is 0 Å². The Morgan fingerprint density at radius 1 is 1.00 bits per heavy atom. The summed E-state index contributed by atoms with van der Waals surface area (Å²) in [6, 6.07) is 13.6. The molecule has 110 valence electrons. The van der Waals surface area contributed by atoms with Gasteiger partial charge in [0.15, 0.2) is 0 Å². The fraction of sp³-hybridized carbons (Fsp3) is 0.333. The first kappa shape index (κ1) is 14.9. The molecule has 1 nitrogen and oxygen atoms in total. The first-order valence-corrected chi connectivity index (χ1v) is 8.12. The van der Waals surface area contributed by atoms with Crippen molar-refractivity contribution in [3.05, 3.63) is 69.2 Å². The van der Waals surface area contributed by atoms with E-state index in [1.807, 2.05) is 36.4 Å². The number of aliphatic hydroxyl groups excluding tert-OH is 1. The van der Waals surface area contributed by atoms with Crippen molar-refractivity contribution in [2.24, 2.45) is 0 Å². The van der Waals surface area contributed by atoms with Crippen molar-refractivity contribution in [1.82, 2.24) is 0 Å². The van der Waals surface area contributed by atoms with Gasteiger partial charge in [-0.3, -0.25) is 0 Å². The molecule has 0 saturated heterocycles. The SMILES string of the molecule is OC(Cc1c(Cl)cccc1Cl)c1ccccc1C1CCC1. The summed E-state index contributed by atoms with van der Waals surface area (Å²) in [5.41, 5.74) is 3.11. The van der Waals surface area contributed by atoms with Crippen LogP contribution in [-0.2, 0) is 6.42 Å². The standard InChI is InChI=1S/C18H18Cl2O/c19-16-9-4-10-17(20)15(16)11-18(21)14-8-2-1-7-13(14)12-5-3-6-12/h1-2,4,7-10,12,18,21H,3,5-6,11H2. The van der Waals surface area contributed by atoms with Crippen LogP contribution in [0.25, 0.3) is 0 Å². The van der Waals surface area contributed by atoms with Gasteiger partial charge in [-0.25, -0.2) is 0 Å². The van der Waals surface area contributed by atoms with Gasteiger partial charge in [0.1, 0.15) is 0 Å². The number of benzene rings is 2. The number of aliphatic hydroxyl groups is 1. The van der Waals surface area contributed by atoms with Gasteiger partial charge in [-0.1, -0.05) is 60.0 Å². The highest BCUT2D eigenvalue weighted by Gasteiger charge is 2.24. The lowest BCUT2D eigenvalue weighted by Crippen LogP contribution is -2.14. The summed E-state index contributed by atoms with van der Waals surface area (Å²) in [6.07, 6.45) is 3.60. The molecule has 21 heavy (non-hydrogen) atoms. The lowest BCUT2D eigenvalue weighted by atomic mass is 9.77. The van der Waals surface area contributed by atoms with Crippen molar-refractivity contribution in [1.29, 1.82) is 0 Å². The van der Waals surface area contributed by atoms with Gasteiger partial charge in [-0.15, -0.1) is 0 Å². The molecular weight excluding hydrogens is 303 g/mol. The minimum Gasteiger partial charge on any atom is -0.388 e. The predicted molar refractivity (Wildman–Crippen MR) is 88.2 cm³/mol. The second-order valence-corrected chi connectivity index (χ2v) is 6.49. The molecule has 0 heterocycles. The Bertz CT molecular complexity index is 615. The van der Waals surface area contributed by atoms with E-state index in [0.29, 0.717) is 22.4 Å². The lowest BCUT2D eigenvalue weighted by molar-refractivity contribution is 0.176. The molecular formula is C18H18Cl2O. The third kappa shape index (κ3) is 3.11. The monoisotopic (exact) mass is 320 g/mol. The summed E-state index contributed by atoms with van der Waals surface area (Å²) in [7, 11) is 0. The molecule has 1 N–H and O–H groups in total. The number of rotatable bonds is 4. The van der Waals surface area contributed by atoms with Gasteiger partial charge in [0.05, 0.1) is 6.10 Å². The zero-order valence-corrected chi connectivity index (χ0v) is 13.2. The summed E-state index contributed by atoms with van der Waals surface area (Å²) in [5, 5.41) is 11.9. The summed E-state index contributed by atoms with van der Waals surface area (Å²) in [5.74, 6) is 0.595. The molecule has 1 fully saturated rings. The third-order valence-corrected chi connectivity index (χ3v) is 5.07. The molecule has 1 saturated carbocycles. The fourth-order valence-corrected chi connectivity index (χ4v) is 3.49. The smallest absolute Gasteiger partial charge is 0.0834 e. The van der Waals surface area contributed by atoms with Gasteiger partial charge in [0.2, 0.25) is 0 Å². The number of hydrogen-bond donors (Lipinski definition) is 1. The molecule has 3 rings (SSSR count). The average Bonchev–Trinajstić information content (AvgIpc) is 2.42. The fourth-order valence-electron chi connectivity index (χ4n) is 2.94. The van der Waals surface area contributed by atoms with Crippen molar-refractivity contribution in [3.63, 3.8) is 0 Å². The first-order valence-electron chi connectivity index (χ1n) is 7.36. The maximum absolute atomic E-state index is 10.7. The van der Waals surface area contributed by atoms with Crippen molar-refractivity contribution in [3.8, 4) is 0 Å². The van der Waals surface area contributed by atoms with Gasteiger partial charge in [-0.05, 0) is 47.6 Å². The highest BCUT2D eigenvalue weighted by atomic mass is 35.5. The molecule has 2 aromatic carbocycles. The maximum atomic E-state index is 10.7. The Hall–Kier alpha value is -1.02. The minimum atomic E-state index is -0.570. The van der Waals surface area contributed by atoms with E-state index >= 15 is 0 Å². The minimum absolute atomic E-state index is 0.447. The zero-order chi connectivity index (χ0) is 14.8. The second kappa shape index (κ2) is 6.39. The normalized spacial score (nSPS) is 16.5. The van der Waals surface area contributed by atoms with Crippen LogP contribution in [-0.4, -0.2) is 5.11 Å². The van der Waals surface area contributed by atoms with E-state index in [9.17, 15) is 5.11 Å². The highest BCUT2D eigenvalue weighted by molar-refractivity contribution is 6.36. The van der Waals surface area contributed by atoms with Crippen LogP contribution in [0.5, 0.6) is 0 Å². The van der Waals surface area contributed by atoms with Crippen LogP contribution in [0.2, 0.25) is 10.0 Å². The average molecular weight is 321 g/mol. The predicted octanol–water partition coefficient (Wildman–Crippen LogP) is 5.54. The molecule has 0 amide bonds. The van der Waals surface area contributed by atoms with Gasteiger partial charge < -0.3 is 5.11 Å². The maximum Gasteiger partial charge on any atom is 0.0834 e. The molecule has 0 aliphatic heterocycles. The first-order chi connectivity index (χ1) is 10.2. The van der Waals surface area contributed by atoms with E-state index in [1.165, 1.54) is 24.8 Å². The Kier molecular flexibility index (Phi) is 4.54. The molecule has 1 unspecified atom stereocenters. The summed E-state index contributed by atoms with van der Waals surface area (Å²) in [4.78, 5) is 0. The summed E-state index contributed by atoms with van der Waals surface area (Å²) in [6.45, 7) is 0. The molecule has 1 atom stereocenters. The van der Waals surface area contributed by atoms with E-state index in [0.717, 1.165) is 11.1 Å². The molecule has 1 aliphatic rings. The topological polar surface area (TPSA) is 20.2 Å². The summed E-state index contributed by atoms with van der Waals surface area (Å²) < 4.78 is 0. The molecule has 0 aromatic heterocycles. The molecule has 0 spiro atoms. The molecule has 2 aromatic rings. The van der Waals surface area contributed by atoms with Gasteiger partial charge in [-0.2, -0.15) is 0 Å². The van der Waals surface area contributed by atoms with Crippen LogP contribution in [0.15, 0.2) is 42.5 Å². The largest absolute Gasteiger partial charge is 0.388 e. The third-order valence-electron chi connectivity index (χ3n) is 4.36. The van der Waals surface area contributed by atoms with Crippen LogP contribution >= 0.6 is 23.2 Å². The van der Waals surface area contributed by atoms with Crippen molar-refractivity contribution >= 4 is 23.2 Å². The molecule has 3 heteroatoms. The molecule has 0 radical (unpaired) electrons. The van der Waals surface area contributed by atoms with Crippen LogP contribution < -0.4 is 0 Å². The van der Waals surface area contributed by atoms with Crippen LogP contribution in [0.1, 0.15) is 48.0 Å². The van der Waals surface area contributed by atoms with Crippen LogP contribution in [0, 0.1) is 0 Å². The Labute approximate surface area is 135 Å². The Morgan fingerprint density at radius 3 is 2.29 bits per heavy atom. The Morgan fingerprint density at radius 2 is 1.67 bits per heavy atom. The van der Waals surface area contributed by atoms with Gasteiger partial charge in [0, 0.05) is 16.5 Å². The van der Waals surface area contributed by atoms with Crippen molar-refractivity contribution in [2.45, 2.75) is 37.7 Å². The van der Waals surface area contributed by atoms with E-state index in [4.69, 9.17) is 23.2 Å². The quantitative estimate of drug-likeness (QED) is 0.784. The van der Waals surface area contributed by atoms with Crippen molar-refractivity contribution < 1.29 is 5.11 Å². The van der Waals surface area contributed by atoms with Gasteiger partial charge >= 0.3 is 0 Å². The molecule has 0 bridgehead atoms. The summed E-state index contributed by atoms with van der Waals surface area (Å²) >= 11 is 12.4. The Balaban J connectivity index is 1.87. The molecule has 1 aliphatic carbocycles. The number of hydrogen-bond acceptors (Lipinski definition) is 1. The lowest BCUT2D eigenvalue weighted by Gasteiger charge is -2.29.